The van der Waals surface area contributed by atoms with Crippen molar-refractivity contribution in [2.45, 2.75) is 77.0 Å². The monoisotopic (exact) mass is 458 g/mol. The van der Waals surface area contributed by atoms with E-state index >= 15 is 0 Å². The first-order chi connectivity index (χ1) is 14.8. The predicted molar refractivity (Wildman–Crippen MR) is 113 cm³/mol. The molecule has 0 saturated heterocycles. The van der Waals surface area contributed by atoms with Crippen molar-refractivity contribution < 1.29 is 33.9 Å². The number of nitrogens with one attached hydrogen (secondary N) is 3. The van der Waals surface area contributed by atoms with Crippen molar-refractivity contribution >= 4 is 35.5 Å². The largest absolute Gasteiger partial charge is 0.480 e. The van der Waals surface area contributed by atoms with Gasteiger partial charge in [-0.2, -0.15) is 0 Å². The minimum atomic E-state index is -1.44. The second-order valence-electron chi connectivity index (χ2n) is 7.61. The zero-order valence-corrected chi connectivity index (χ0v) is 18.6. The molecule has 0 spiro atoms. The smallest absolute Gasteiger partial charge is 0.326 e. The molecule has 0 aliphatic heterocycles. The third kappa shape index (κ3) is 10.7. The van der Waals surface area contributed by atoms with E-state index in [9.17, 15) is 33.9 Å². The van der Waals surface area contributed by atoms with Crippen molar-refractivity contribution in [3.63, 3.8) is 0 Å². The summed E-state index contributed by atoms with van der Waals surface area (Å²) < 4.78 is 0. The maximum absolute atomic E-state index is 12.6. The fraction of sp³-hybridized carbons (Fsp3) is 0.684. The highest BCUT2D eigenvalue weighted by Crippen LogP contribution is 2.06. The van der Waals surface area contributed by atoms with Crippen LogP contribution in [0.1, 0.15) is 52.9 Å². The molecule has 0 heterocycles. The van der Waals surface area contributed by atoms with E-state index in [1.807, 2.05) is 6.92 Å². The lowest BCUT2D eigenvalue weighted by atomic mass is 9.99. The number of carbonyl (C=O) groups excluding carboxylic acids is 5. The number of hydrogen-bond donors (Lipinski definition) is 7. The minimum Gasteiger partial charge on any atom is -0.480 e. The number of amides is 5. The number of carboxylic acid groups (broad SMARTS) is 1. The van der Waals surface area contributed by atoms with Crippen LogP contribution in [-0.2, 0) is 28.8 Å². The van der Waals surface area contributed by atoms with Gasteiger partial charge in [-0.15, -0.1) is 0 Å². The van der Waals surface area contributed by atoms with Gasteiger partial charge >= 0.3 is 5.97 Å². The van der Waals surface area contributed by atoms with Crippen molar-refractivity contribution in [3.05, 3.63) is 0 Å². The van der Waals surface area contributed by atoms with Gasteiger partial charge in [0.15, 0.2) is 0 Å². The third-order valence-electron chi connectivity index (χ3n) is 4.92. The standard InChI is InChI=1S/C19H34N6O7/c1-4-9(2)15(22)18(30)23-10(3)16(28)24-11(5-7-13(20)26)17(29)25-12(19(31)32)6-8-14(21)27/h9-12,15H,4-8,22H2,1-3H3,(H2,20,26)(H2,21,27)(H,23,30)(H,24,28)(H,25,29)(H,31,32). The zero-order chi connectivity index (χ0) is 25.0. The summed E-state index contributed by atoms with van der Waals surface area (Å²) in [6, 6.07) is -4.64. The van der Waals surface area contributed by atoms with Crippen LogP contribution in [0.5, 0.6) is 0 Å². The van der Waals surface area contributed by atoms with Crippen LogP contribution >= 0.6 is 0 Å². The summed E-state index contributed by atoms with van der Waals surface area (Å²) in [6.45, 7) is 5.03. The SMILES string of the molecule is CCC(C)C(N)C(=O)NC(C)C(=O)NC(CCC(N)=O)C(=O)NC(CCC(N)=O)C(=O)O. The highest BCUT2D eigenvalue weighted by atomic mass is 16.4. The molecule has 32 heavy (non-hydrogen) atoms. The first-order valence-electron chi connectivity index (χ1n) is 10.3. The fourth-order valence-electron chi connectivity index (χ4n) is 2.56. The van der Waals surface area contributed by atoms with Crippen molar-refractivity contribution in [3.8, 4) is 0 Å². The van der Waals surface area contributed by atoms with E-state index < -0.39 is 59.7 Å². The van der Waals surface area contributed by atoms with Gasteiger partial charge in [-0.1, -0.05) is 20.3 Å². The van der Waals surface area contributed by atoms with E-state index in [1.54, 1.807) is 6.92 Å². The molecule has 182 valence electrons. The van der Waals surface area contributed by atoms with E-state index in [0.29, 0.717) is 6.42 Å². The van der Waals surface area contributed by atoms with E-state index in [4.69, 9.17) is 17.2 Å². The minimum absolute atomic E-state index is 0.118. The molecule has 0 aliphatic rings. The van der Waals surface area contributed by atoms with Gasteiger partial charge in [-0.25, -0.2) is 4.79 Å². The normalized spacial score (nSPS) is 15.4. The molecule has 0 aliphatic carbocycles. The summed E-state index contributed by atoms with van der Waals surface area (Å²) in [5.74, 6) is -5.19. The van der Waals surface area contributed by atoms with Crippen LogP contribution in [0.4, 0.5) is 0 Å². The van der Waals surface area contributed by atoms with Crippen molar-refractivity contribution in [2.75, 3.05) is 0 Å². The van der Waals surface area contributed by atoms with Gasteiger partial charge in [-0.3, -0.25) is 24.0 Å². The molecule has 13 heteroatoms. The molecule has 5 atom stereocenters. The fourth-order valence-corrected chi connectivity index (χ4v) is 2.56. The van der Waals surface area contributed by atoms with Gasteiger partial charge in [0.2, 0.25) is 29.5 Å². The number of carboxylic acids is 1. The maximum Gasteiger partial charge on any atom is 0.326 e. The average Bonchev–Trinajstić information content (AvgIpc) is 2.71. The molecule has 0 fully saturated rings. The van der Waals surface area contributed by atoms with Crippen LogP contribution in [0, 0.1) is 5.92 Å². The molecule has 0 aromatic heterocycles. The highest BCUT2D eigenvalue weighted by molar-refractivity contribution is 5.94. The molecule has 5 unspecified atom stereocenters. The summed E-state index contributed by atoms with van der Waals surface area (Å²) >= 11 is 0. The molecular formula is C19H34N6O7. The lowest BCUT2D eigenvalue weighted by Gasteiger charge is -2.24. The van der Waals surface area contributed by atoms with Gasteiger partial charge in [0.25, 0.3) is 0 Å². The van der Waals surface area contributed by atoms with Gasteiger partial charge in [0.1, 0.15) is 18.1 Å². The second-order valence-corrected chi connectivity index (χ2v) is 7.61. The van der Waals surface area contributed by atoms with Crippen LogP contribution in [0.15, 0.2) is 0 Å². The number of primary amides is 2. The quantitative estimate of drug-likeness (QED) is 0.137. The Morgan fingerprint density at radius 2 is 1.25 bits per heavy atom. The maximum atomic E-state index is 12.6. The number of hydrogen-bond acceptors (Lipinski definition) is 7. The van der Waals surface area contributed by atoms with Crippen LogP contribution in [-0.4, -0.2) is 64.8 Å². The number of rotatable bonds is 15. The van der Waals surface area contributed by atoms with E-state index in [-0.39, 0.29) is 31.6 Å². The molecule has 0 aromatic carbocycles. The summed E-state index contributed by atoms with van der Waals surface area (Å²) in [6.07, 6.45) is -0.355. The first-order valence-corrected chi connectivity index (χ1v) is 10.3. The molecule has 0 bridgehead atoms. The van der Waals surface area contributed by atoms with Gasteiger partial charge in [-0.05, 0) is 25.7 Å². The van der Waals surface area contributed by atoms with Crippen LogP contribution in [0.3, 0.4) is 0 Å². The molecule has 0 radical (unpaired) electrons. The first kappa shape index (κ1) is 28.8. The topological polar surface area (TPSA) is 237 Å². The summed E-state index contributed by atoms with van der Waals surface area (Å²) in [5, 5.41) is 16.3. The van der Waals surface area contributed by atoms with E-state index in [0.717, 1.165) is 0 Å². The average molecular weight is 459 g/mol. The second kappa shape index (κ2) is 14.0. The number of nitrogens with two attached hydrogens (primary N) is 3. The van der Waals surface area contributed by atoms with Crippen LogP contribution < -0.4 is 33.2 Å². The third-order valence-corrected chi connectivity index (χ3v) is 4.92. The molecule has 0 rings (SSSR count). The molecule has 0 aromatic rings. The Bertz CT molecular complexity index is 714. The number of aliphatic carboxylic acids is 1. The Morgan fingerprint density at radius 1 is 0.781 bits per heavy atom. The Labute approximate surface area is 186 Å². The van der Waals surface area contributed by atoms with Gasteiger partial charge in [0.05, 0.1) is 6.04 Å². The summed E-state index contributed by atoms with van der Waals surface area (Å²) in [7, 11) is 0. The van der Waals surface area contributed by atoms with E-state index in [2.05, 4.69) is 16.0 Å². The Hall–Kier alpha value is -3.22. The highest BCUT2D eigenvalue weighted by Gasteiger charge is 2.29. The van der Waals surface area contributed by atoms with E-state index in [1.165, 1.54) is 6.92 Å². The lowest BCUT2D eigenvalue weighted by molar-refractivity contribution is -0.142. The molecule has 0 saturated carbocycles. The predicted octanol–water partition coefficient (Wildman–Crippen LogP) is -2.55. The van der Waals surface area contributed by atoms with Crippen LogP contribution in [0.2, 0.25) is 0 Å². The Balaban J connectivity index is 5.23. The van der Waals surface area contributed by atoms with Crippen LogP contribution in [0.25, 0.3) is 0 Å². The Morgan fingerprint density at radius 3 is 1.69 bits per heavy atom. The zero-order valence-electron chi connectivity index (χ0n) is 18.6. The molecule has 5 amide bonds. The van der Waals surface area contributed by atoms with Gasteiger partial charge < -0.3 is 38.3 Å². The summed E-state index contributed by atoms with van der Waals surface area (Å²) in [4.78, 5) is 70.6. The number of carbonyl (C=O) groups is 6. The van der Waals surface area contributed by atoms with Crippen molar-refractivity contribution in [2.24, 2.45) is 23.1 Å². The molecular weight excluding hydrogens is 424 g/mol. The van der Waals surface area contributed by atoms with Crippen molar-refractivity contribution in [1.29, 1.82) is 0 Å². The Kier molecular flexibility index (Phi) is 12.6. The molecule has 13 nitrogen and oxygen atoms in total. The molecule has 10 N–H and O–H groups in total. The lowest BCUT2D eigenvalue weighted by Crippen LogP contribution is -2.57. The summed E-state index contributed by atoms with van der Waals surface area (Å²) in [5.41, 5.74) is 15.9. The van der Waals surface area contributed by atoms with Gasteiger partial charge in [0, 0.05) is 12.8 Å². The van der Waals surface area contributed by atoms with Crippen molar-refractivity contribution in [1.82, 2.24) is 16.0 Å².